The highest BCUT2D eigenvalue weighted by Gasteiger charge is 2.17. The lowest BCUT2D eigenvalue weighted by Crippen LogP contribution is -2.37. The molecule has 1 heterocycles. The average molecular weight is 415 g/mol. The minimum Gasteiger partial charge on any atom is -0.481 e. The van der Waals surface area contributed by atoms with Gasteiger partial charge in [-0.2, -0.15) is 5.10 Å². The van der Waals surface area contributed by atoms with Crippen molar-refractivity contribution in [2.45, 2.75) is 26.0 Å². The number of halogens is 1. The molecule has 0 aliphatic rings. The Labute approximate surface area is 160 Å². The number of nitrogens with zero attached hydrogens (tertiary/aromatic N) is 3. The van der Waals surface area contributed by atoms with Crippen LogP contribution in [0.5, 0.6) is 5.75 Å². The summed E-state index contributed by atoms with van der Waals surface area (Å²) in [5.41, 5.74) is 1.91. The third-order valence-electron chi connectivity index (χ3n) is 3.93. The lowest BCUT2D eigenvalue weighted by atomic mass is 10.1. The van der Waals surface area contributed by atoms with Gasteiger partial charge in [-0.25, -0.2) is 9.67 Å². The van der Waals surface area contributed by atoms with Crippen molar-refractivity contribution < 1.29 is 9.53 Å². The molecule has 0 bridgehead atoms. The average Bonchev–Trinajstić information content (AvgIpc) is 3.18. The van der Waals surface area contributed by atoms with Crippen LogP contribution in [0, 0.1) is 0 Å². The highest BCUT2D eigenvalue weighted by Crippen LogP contribution is 2.18. The van der Waals surface area contributed by atoms with Crippen molar-refractivity contribution in [1.29, 1.82) is 0 Å². The van der Waals surface area contributed by atoms with Gasteiger partial charge in [-0.15, -0.1) is 0 Å². The molecular weight excluding hydrogens is 396 g/mol. The summed E-state index contributed by atoms with van der Waals surface area (Å²) in [6.07, 6.45) is 2.54. The van der Waals surface area contributed by atoms with Crippen LogP contribution in [-0.2, 0) is 4.79 Å². The maximum atomic E-state index is 12.4. The van der Waals surface area contributed by atoms with Crippen molar-refractivity contribution in [2.24, 2.45) is 0 Å². The van der Waals surface area contributed by atoms with E-state index in [-0.39, 0.29) is 11.9 Å². The van der Waals surface area contributed by atoms with Gasteiger partial charge in [0, 0.05) is 4.47 Å². The minimum atomic E-state index is -0.590. The molecule has 7 heteroatoms. The van der Waals surface area contributed by atoms with Crippen molar-refractivity contribution >= 4 is 21.8 Å². The van der Waals surface area contributed by atoms with Crippen molar-refractivity contribution in [2.75, 3.05) is 0 Å². The van der Waals surface area contributed by atoms with Crippen LogP contribution < -0.4 is 10.1 Å². The Morgan fingerprint density at radius 2 is 1.81 bits per heavy atom. The lowest BCUT2D eigenvalue weighted by molar-refractivity contribution is -0.127. The Hall–Kier alpha value is -2.67. The summed E-state index contributed by atoms with van der Waals surface area (Å²) in [7, 11) is 0. The van der Waals surface area contributed by atoms with Gasteiger partial charge in [-0.3, -0.25) is 4.79 Å². The number of hydrogen-bond acceptors (Lipinski definition) is 4. The van der Waals surface area contributed by atoms with E-state index in [1.165, 1.54) is 6.33 Å². The Balaban J connectivity index is 1.58. The predicted molar refractivity (Wildman–Crippen MR) is 102 cm³/mol. The fraction of sp³-hybridized carbons (Fsp3) is 0.211. The summed E-state index contributed by atoms with van der Waals surface area (Å²) >= 11 is 3.37. The van der Waals surface area contributed by atoms with E-state index in [1.54, 1.807) is 17.9 Å². The highest BCUT2D eigenvalue weighted by molar-refractivity contribution is 9.10. The molecule has 1 N–H and O–H groups in total. The van der Waals surface area contributed by atoms with Crippen molar-refractivity contribution in [3.05, 3.63) is 71.2 Å². The first kappa shape index (κ1) is 18.1. The van der Waals surface area contributed by atoms with Gasteiger partial charge >= 0.3 is 0 Å². The van der Waals surface area contributed by atoms with Crippen LogP contribution in [0.25, 0.3) is 5.69 Å². The van der Waals surface area contributed by atoms with Crippen molar-refractivity contribution in [3.8, 4) is 11.4 Å². The summed E-state index contributed by atoms with van der Waals surface area (Å²) in [6, 6.07) is 15.1. The number of carbonyl (C=O) groups excluding carboxylic acids is 1. The van der Waals surface area contributed by atoms with Crippen molar-refractivity contribution in [1.82, 2.24) is 20.1 Å². The van der Waals surface area contributed by atoms with E-state index in [2.05, 4.69) is 31.3 Å². The molecule has 0 radical (unpaired) electrons. The van der Waals surface area contributed by atoms with E-state index in [4.69, 9.17) is 4.74 Å². The van der Waals surface area contributed by atoms with E-state index in [0.29, 0.717) is 5.75 Å². The zero-order valence-corrected chi connectivity index (χ0v) is 16.1. The Kier molecular flexibility index (Phi) is 5.68. The maximum Gasteiger partial charge on any atom is 0.261 e. The fourth-order valence-corrected chi connectivity index (χ4v) is 2.71. The van der Waals surface area contributed by atoms with Crippen LogP contribution in [0.3, 0.4) is 0 Å². The molecule has 26 heavy (non-hydrogen) atoms. The molecule has 3 rings (SSSR count). The second-order valence-corrected chi connectivity index (χ2v) is 6.79. The number of carbonyl (C=O) groups is 1. The number of aromatic nitrogens is 3. The summed E-state index contributed by atoms with van der Waals surface area (Å²) < 4.78 is 8.33. The number of hydrogen-bond donors (Lipinski definition) is 1. The number of rotatable bonds is 6. The molecule has 3 aromatic rings. The Morgan fingerprint density at radius 1 is 1.12 bits per heavy atom. The first-order valence-electron chi connectivity index (χ1n) is 8.20. The van der Waals surface area contributed by atoms with E-state index in [1.807, 2.05) is 55.5 Å². The van der Waals surface area contributed by atoms with Gasteiger partial charge in [0.05, 0.1) is 11.7 Å². The highest BCUT2D eigenvalue weighted by atomic mass is 79.9. The van der Waals surface area contributed by atoms with E-state index >= 15 is 0 Å². The molecule has 0 saturated carbocycles. The number of amides is 1. The summed E-state index contributed by atoms with van der Waals surface area (Å²) in [6.45, 7) is 3.67. The lowest BCUT2D eigenvalue weighted by Gasteiger charge is -2.19. The van der Waals surface area contributed by atoms with E-state index in [0.717, 1.165) is 15.7 Å². The maximum absolute atomic E-state index is 12.4. The summed E-state index contributed by atoms with van der Waals surface area (Å²) in [4.78, 5) is 16.3. The second kappa shape index (κ2) is 8.14. The van der Waals surface area contributed by atoms with E-state index < -0.39 is 6.10 Å². The predicted octanol–water partition coefficient (Wildman–Crippen LogP) is 3.67. The van der Waals surface area contributed by atoms with Gasteiger partial charge in [0.1, 0.15) is 18.4 Å². The monoisotopic (exact) mass is 414 g/mol. The molecule has 1 amide bonds. The van der Waals surface area contributed by atoms with Gasteiger partial charge < -0.3 is 10.1 Å². The number of nitrogens with one attached hydrogen (secondary N) is 1. The molecule has 0 fully saturated rings. The molecule has 2 aromatic carbocycles. The number of benzene rings is 2. The van der Waals surface area contributed by atoms with Crippen LogP contribution in [-0.4, -0.2) is 26.8 Å². The quantitative estimate of drug-likeness (QED) is 0.667. The molecule has 0 saturated heterocycles. The Morgan fingerprint density at radius 3 is 2.42 bits per heavy atom. The van der Waals surface area contributed by atoms with Gasteiger partial charge in [-0.05, 0) is 55.8 Å². The van der Waals surface area contributed by atoms with Gasteiger partial charge in [0.2, 0.25) is 0 Å². The van der Waals surface area contributed by atoms with Gasteiger partial charge in [0.25, 0.3) is 5.91 Å². The van der Waals surface area contributed by atoms with Crippen molar-refractivity contribution in [3.63, 3.8) is 0 Å². The smallest absolute Gasteiger partial charge is 0.261 e. The minimum absolute atomic E-state index is 0.136. The normalized spacial score (nSPS) is 13.0. The second-order valence-electron chi connectivity index (χ2n) is 5.88. The zero-order valence-electron chi connectivity index (χ0n) is 14.5. The van der Waals surface area contributed by atoms with Gasteiger partial charge in [0.15, 0.2) is 6.10 Å². The molecule has 2 atom stereocenters. The van der Waals surface area contributed by atoms with Crippen LogP contribution in [0.4, 0.5) is 0 Å². The molecule has 0 aliphatic carbocycles. The fourth-order valence-electron chi connectivity index (χ4n) is 2.44. The molecule has 0 aliphatic heterocycles. The van der Waals surface area contributed by atoms with Crippen LogP contribution in [0.15, 0.2) is 65.7 Å². The topological polar surface area (TPSA) is 69.0 Å². The third-order valence-corrected chi connectivity index (χ3v) is 4.46. The summed E-state index contributed by atoms with van der Waals surface area (Å²) in [5, 5.41) is 7.07. The number of ether oxygens (including phenoxy) is 1. The molecule has 0 unspecified atom stereocenters. The Bertz CT molecular complexity index is 848. The zero-order chi connectivity index (χ0) is 18.5. The molecular formula is C19H19BrN4O2. The largest absolute Gasteiger partial charge is 0.481 e. The molecule has 1 aromatic heterocycles. The third kappa shape index (κ3) is 4.49. The standard InChI is InChI=1S/C19H19BrN4O2/c1-13(15-3-7-17(8-4-15)24-12-21-11-22-24)23-19(25)14(2)26-18-9-5-16(20)6-10-18/h3-14H,1-2H3,(H,23,25)/t13-,14+/m0/s1. The van der Waals surface area contributed by atoms with Crippen LogP contribution >= 0.6 is 15.9 Å². The van der Waals surface area contributed by atoms with Crippen LogP contribution in [0.2, 0.25) is 0 Å². The molecule has 6 nitrogen and oxygen atoms in total. The molecule has 0 spiro atoms. The first-order valence-corrected chi connectivity index (χ1v) is 9.00. The van der Waals surface area contributed by atoms with E-state index in [9.17, 15) is 4.79 Å². The molecule has 134 valence electrons. The van der Waals surface area contributed by atoms with Crippen LogP contribution in [0.1, 0.15) is 25.5 Å². The SMILES string of the molecule is C[C@H](NC(=O)[C@@H](C)Oc1ccc(Br)cc1)c1ccc(-n2cncn2)cc1. The summed E-state index contributed by atoms with van der Waals surface area (Å²) in [5.74, 6) is 0.487. The first-order chi connectivity index (χ1) is 12.5. The van der Waals surface area contributed by atoms with Gasteiger partial charge in [-0.1, -0.05) is 28.1 Å².